The quantitative estimate of drug-likeness (QED) is 0.343. The first kappa shape index (κ1) is 14.3. The van der Waals surface area contributed by atoms with Gasteiger partial charge in [-0.25, -0.2) is 9.97 Å². The fourth-order valence-electron chi connectivity index (χ4n) is 2.22. The van der Waals surface area contributed by atoms with Gasteiger partial charge in [-0.3, -0.25) is 10.1 Å². The van der Waals surface area contributed by atoms with E-state index in [-0.39, 0.29) is 16.5 Å². The summed E-state index contributed by atoms with van der Waals surface area (Å²) in [7, 11) is 0. The summed E-state index contributed by atoms with van der Waals surface area (Å²) >= 11 is 1.28. The van der Waals surface area contributed by atoms with Crippen molar-refractivity contribution in [2.24, 2.45) is 0 Å². The molecule has 0 spiro atoms. The van der Waals surface area contributed by atoms with Gasteiger partial charge in [0, 0.05) is 5.75 Å². The molecule has 110 valence electrons. The Bertz CT molecular complexity index is 849. The maximum absolute atomic E-state index is 11.1. The summed E-state index contributed by atoms with van der Waals surface area (Å²) in [5.41, 5.74) is 6.44. The molecular formula is C15H12N4O2S. The Morgan fingerprint density at radius 2 is 1.91 bits per heavy atom. The van der Waals surface area contributed by atoms with Crippen molar-refractivity contribution in [3.8, 4) is 0 Å². The summed E-state index contributed by atoms with van der Waals surface area (Å²) in [6.45, 7) is 0. The predicted octanol–water partition coefficient (Wildman–Crippen LogP) is 3.41. The van der Waals surface area contributed by atoms with E-state index in [2.05, 4.69) is 9.97 Å². The van der Waals surface area contributed by atoms with E-state index in [1.54, 1.807) is 0 Å². The molecule has 0 atom stereocenters. The molecular weight excluding hydrogens is 300 g/mol. The highest BCUT2D eigenvalue weighted by Crippen LogP contribution is 2.33. The minimum atomic E-state index is -0.541. The molecule has 1 aromatic heterocycles. The van der Waals surface area contributed by atoms with E-state index in [4.69, 9.17) is 5.73 Å². The van der Waals surface area contributed by atoms with E-state index in [0.717, 1.165) is 16.3 Å². The number of thioether (sulfide) groups is 1. The van der Waals surface area contributed by atoms with Crippen LogP contribution in [0, 0.1) is 10.1 Å². The highest BCUT2D eigenvalue weighted by molar-refractivity contribution is 7.98. The second-order valence-electron chi connectivity index (χ2n) is 4.60. The highest BCUT2D eigenvalue weighted by atomic mass is 32.2. The molecule has 3 aromatic rings. The molecule has 0 bridgehead atoms. The number of nitrogens with two attached hydrogens (primary N) is 1. The van der Waals surface area contributed by atoms with Crippen molar-refractivity contribution in [1.29, 1.82) is 0 Å². The van der Waals surface area contributed by atoms with Crippen molar-refractivity contribution in [2.45, 2.75) is 10.8 Å². The lowest BCUT2D eigenvalue weighted by molar-refractivity contribution is -0.387. The van der Waals surface area contributed by atoms with Gasteiger partial charge in [0.05, 0.1) is 4.92 Å². The number of aromatic nitrogens is 2. The van der Waals surface area contributed by atoms with Crippen LogP contribution in [-0.4, -0.2) is 14.9 Å². The number of nitrogens with zero attached hydrogens (tertiary/aromatic N) is 3. The van der Waals surface area contributed by atoms with Gasteiger partial charge in [-0.05, 0) is 16.3 Å². The number of nitro groups is 1. The van der Waals surface area contributed by atoms with Crippen molar-refractivity contribution >= 4 is 34.0 Å². The monoisotopic (exact) mass is 312 g/mol. The van der Waals surface area contributed by atoms with Gasteiger partial charge in [0.2, 0.25) is 5.82 Å². The standard InChI is InChI=1S/C15H12N4O2S/c16-14-13(19(20)21)15(18-9-17-14)22-8-11-6-3-5-10-4-1-2-7-12(10)11/h1-7,9H,8H2,(H2,16,17,18). The van der Waals surface area contributed by atoms with Gasteiger partial charge in [0.25, 0.3) is 0 Å². The van der Waals surface area contributed by atoms with Crippen molar-refractivity contribution in [3.05, 3.63) is 64.5 Å². The third-order valence-corrected chi connectivity index (χ3v) is 4.27. The largest absolute Gasteiger partial charge is 0.378 e. The van der Waals surface area contributed by atoms with Gasteiger partial charge in [-0.15, -0.1) is 0 Å². The van der Waals surface area contributed by atoms with Crippen molar-refractivity contribution in [3.63, 3.8) is 0 Å². The maximum atomic E-state index is 11.1. The zero-order valence-electron chi connectivity index (χ0n) is 11.5. The molecule has 2 aromatic carbocycles. The van der Waals surface area contributed by atoms with Crippen LogP contribution in [0.1, 0.15) is 5.56 Å². The molecule has 0 saturated carbocycles. The van der Waals surface area contributed by atoms with Crippen LogP contribution >= 0.6 is 11.8 Å². The molecule has 1 heterocycles. The molecule has 7 heteroatoms. The van der Waals surface area contributed by atoms with Crippen molar-refractivity contribution in [2.75, 3.05) is 5.73 Å². The summed E-state index contributed by atoms with van der Waals surface area (Å²) in [6, 6.07) is 14.0. The number of hydrogen-bond donors (Lipinski definition) is 1. The Kier molecular flexibility index (Phi) is 3.88. The van der Waals surface area contributed by atoms with E-state index in [9.17, 15) is 10.1 Å². The lowest BCUT2D eigenvalue weighted by atomic mass is 10.1. The Morgan fingerprint density at radius 1 is 1.14 bits per heavy atom. The number of anilines is 1. The molecule has 3 rings (SSSR count). The van der Waals surface area contributed by atoms with Crippen LogP contribution in [0.25, 0.3) is 10.8 Å². The molecule has 0 saturated heterocycles. The van der Waals surface area contributed by atoms with Crippen LogP contribution in [0.15, 0.2) is 53.8 Å². The summed E-state index contributed by atoms with van der Waals surface area (Å²) < 4.78 is 0. The van der Waals surface area contributed by atoms with E-state index in [1.807, 2.05) is 42.5 Å². The molecule has 0 amide bonds. The number of nitrogen functional groups attached to an aromatic ring is 1. The lowest BCUT2D eigenvalue weighted by Gasteiger charge is -2.06. The van der Waals surface area contributed by atoms with Crippen LogP contribution in [0.3, 0.4) is 0 Å². The average Bonchev–Trinajstić information content (AvgIpc) is 2.52. The van der Waals surface area contributed by atoms with Crippen molar-refractivity contribution < 1.29 is 4.92 Å². The molecule has 6 nitrogen and oxygen atoms in total. The van der Waals surface area contributed by atoms with Gasteiger partial charge in [0.15, 0.2) is 5.03 Å². The summed E-state index contributed by atoms with van der Waals surface area (Å²) in [5.74, 6) is 0.457. The van der Waals surface area contributed by atoms with Gasteiger partial charge in [-0.1, -0.05) is 54.2 Å². The molecule has 2 N–H and O–H groups in total. The lowest BCUT2D eigenvalue weighted by Crippen LogP contribution is -2.02. The summed E-state index contributed by atoms with van der Waals surface area (Å²) in [6.07, 6.45) is 1.24. The van der Waals surface area contributed by atoms with Crippen molar-refractivity contribution in [1.82, 2.24) is 9.97 Å². The SMILES string of the molecule is Nc1ncnc(SCc2cccc3ccccc23)c1[N+](=O)[O-]. The predicted molar refractivity (Wildman–Crippen MR) is 86.6 cm³/mol. The Labute approximate surface area is 130 Å². The average molecular weight is 312 g/mol. The van der Waals surface area contributed by atoms with Gasteiger partial charge in [-0.2, -0.15) is 0 Å². The summed E-state index contributed by atoms with van der Waals surface area (Å²) in [5, 5.41) is 13.6. The molecule has 0 aliphatic rings. The van der Waals surface area contributed by atoms with Crippen LogP contribution < -0.4 is 5.73 Å². The van der Waals surface area contributed by atoms with Crippen LogP contribution in [-0.2, 0) is 5.75 Å². The Morgan fingerprint density at radius 3 is 2.73 bits per heavy atom. The second kappa shape index (κ2) is 5.98. The Hall–Kier alpha value is -2.67. The second-order valence-corrected chi connectivity index (χ2v) is 5.56. The number of benzene rings is 2. The minimum absolute atomic E-state index is 0.111. The first-order valence-electron chi connectivity index (χ1n) is 6.51. The van der Waals surface area contributed by atoms with Gasteiger partial charge < -0.3 is 5.73 Å². The number of fused-ring (bicyclic) bond motifs is 1. The molecule has 0 aliphatic heterocycles. The fourth-order valence-corrected chi connectivity index (χ4v) is 3.20. The number of hydrogen-bond acceptors (Lipinski definition) is 6. The van der Waals surface area contributed by atoms with Gasteiger partial charge >= 0.3 is 5.69 Å². The van der Waals surface area contributed by atoms with Crippen LogP contribution in [0.5, 0.6) is 0 Å². The summed E-state index contributed by atoms with van der Waals surface area (Å²) in [4.78, 5) is 18.2. The topological polar surface area (TPSA) is 94.9 Å². The number of rotatable bonds is 4. The molecule has 0 aliphatic carbocycles. The normalized spacial score (nSPS) is 10.7. The minimum Gasteiger partial charge on any atom is -0.378 e. The van der Waals surface area contributed by atoms with E-state index in [1.165, 1.54) is 18.1 Å². The Balaban J connectivity index is 1.92. The molecule has 0 unspecified atom stereocenters. The third kappa shape index (κ3) is 2.71. The molecule has 0 radical (unpaired) electrons. The van der Waals surface area contributed by atoms with Crippen LogP contribution in [0.4, 0.5) is 11.5 Å². The smallest absolute Gasteiger partial charge is 0.343 e. The van der Waals surface area contributed by atoms with E-state index >= 15 is 0 Å². The first-order chi connectivity index (χ1) is 10.7. The van der Waals surface area contributed by atoms with Crippen LogP contribution in [0.2, 0.25) is 0 Å². The highest BCUT2D eigenvalue weighted by Gasteiger charge is 2.21. The first-order valence-corrected chi connectivity index (χ1v) is 7.49. The fraction of sp³-hybridized carbons (Fsp3) is 0.0667. The zero-order valence-corrected chi connectivity index (χ0v) is 12.3. The zero-order chi connectivity index (χ0) is 15.5. The molecule has 0 fully saturated rings. The maximum Gasteiger partial charge on any atom is 0.343 e. The van der Waals surface area contributed by atoms with Gasteiger partial charge in [0.1, 0.15) is 6.33 Å². The third-order valence-electron chi connectivity index (χ3n) is 3.24. The van der Waals surface area contributed by atoms with E-state index in [0.29, 0.717) is 5.75 Å². The molecule has 22 heavy (non-hydrogen) atoms. The van der Waals surface area contributed by atoms with E-state index < -0.39 is 4.92 Å².